The predicted octanol–water partition coefficient (Wildman–Crippen LogP) is 0.993. The minimum absolute atomic E-state index is 0.0204. The molecule has 3 atom stereocenters. The van der Waals surface area contributed by atoms with Gasteiger partial charge in [0.05, 0.1) is 5.88 Å². The molecule has 0 bridgehead atoms. The van der Waals surface area contributed by atoms with Crippen molar-refractivity contribution in [2.45, 2.75) is 50.7 Å². The van der Waals surface area contributed by atoms with Crippen LogP contribution in [0.5, 0.6) is 0 Å². The Hall–Kier alpha value is -0.750. The van der Waals surface area contributed by atoms with Gasteiger partial charge in [0.2, 0.25) is 11.8 Å². The van der Waals surface area contributed by atoms with Crippen molar-refractivity contribution < 1.29 is 9.59 Å². The summed E-state index contributed by atoms with van der Waals surface area (Å²) in [4.78, 5) is 30.9. The molecule has 118 valence electrons. The summed E-state index contributed by atoms with van der Waals surface area (Å²) in [6.45, 7) is 3.57. The van der Waals surface area contributed by atoms with Gasteiger partial charge in [0.1, 0.15) is 6.04 Å². The quantitative estimate of drug-likeness (QED) is 0.763. The minimum Gasteiger partial charge on any atom is -0.336 e. The third-order valence-electron chi connectivity index (χ3n) is 5.18. The van der Waals surface area contributed by atoms with Gasteiger partial charge in [0, 0.05) is 31.3 Å². The molecule has 0 aromatic carbocycles. The summed E-state index contributed by atoms with van der Waals surface area (Å²) in [6, 6.07) is 0.625. The first kappa shape index (κ1) is 15.2. The Morgan fingerprint density at radius 2 is 1.76 bits per heavy atom. The van der Waals surface area contributed by atoms with Crippen LogP contribution in [0.2, 0.25) is 0 Å². The fourth-order valence-corrected chi connectivity index (χ4v) is 5.25. The normalized spacial score (nSPS) is 33.9. The lowest BCUT2D eigenvalue weighted by Gasteiger charge is -2.35. The number of hydrogen-bond donors (Lipinski definition) is 0. The molecule has 3 rings (SSSR count). The van der Waals surface area contributed by atoms with Crippen LogP contribution >= 0.6 is 11.8 Å². The lowest BCUT2D eigenvalue weighted by molar-refractivity contribution is -0.143. The van der Waals surface area contributed by atoms with Crippen LogP contribution in [0, 0.1) is 0 Å². The molecule has 6 heteroatoms. The van der Waals surface area contributed by atoms with E-state index in [1.807, 2.05) is 0 Å². The highest BCUT2D eigenvalue weighted by Crippen LogP contribution is 2.31. The van der Waals surface area contributed by atoms with Crippen molar-refractivity contribution in [3.05, 3.63) is 0 Å². The maximum Gasteiger partial charge on any atom is 0.246 e. The largest absolute Gasteiger partial charge is 0.336 e. The molecule has 3 saturated heterocycles. The van der Waals surface area contributed by atoms with Crippen LogP contribution in [0.25, 0.3) is 0 Å². The summed E-state index contributed by atoms with van der Waals surface area (Å²) in [6.07, 6.45) is 4.64. The third kappa shape index (κ3) is 2.80. The highest BCUT2D eigenvalue weighted by molar-refractivity contribution is 7.99. The molecule has 21 heavy (non-hydrogen) atoms. The molecular weight excluding hydrogens is 286 g/mol. The van der Waals surface area contributed by atoms with Crippen LogP contribution in [0.3, 0.4) is 0 Å². The zero-order chi connectivity index (χ0) is 15.0. The number of amides is 2. The highest BCUT2D eigenvalue weighted by atomic mass is 32.2. The van der Waals surface area contributed by atoms with E-state index in [1.165, 1.54) is 12.8 Å². The van der Waals surface area contributed by atoms with Gasteiger partial charge in [-0.15, -0.1) is 11.8 Å². The van der Waals surface area contributed by atoms with E-state index in [0.717, 1.165) is 31.7 Å². The lowest BCUT2D eigenvalue weighted by atomic mass is 10.0. The maximum atomic E-state index is 12.9. The second-order valence-corrected chi connectivity index (χ2v) is 7.44. The molecule has 0 aromatic rings. The fourth-order valence-electron chi connectivity index (χ4n) is 4.04. The average Bonchev–Trinajstić information content (AvgIpc) is 3.17. The zero-order valence-electron chi connectivity index (χ0n) is 13.0. The number of likely N-dealkylation sites (tertiary alicyclic amines) is 2. The SMILES string of the molecule is CC(=O)N1CSCC1C(=O)N1CCCC1C1CCCN1C. The van der Waals surface area contributed by atoms with Crippen molar-refractivity contribution in [1.82, 2.24) is 14.7 Å². The molecule has 0 spiro atoms. The number of carbonyl (C=O) groups is 2. The molecule has 5 nitrogen and oxygen atoms in total. The van der Waals surface area contributed by atoms with E-state index in [9.17, 15) is 9.59 Å². The van der Waals surface area contributed by atoms with Crippen molar-refractivity contribution in [2.75, 3.05) is 31.8 Å². The molecule has 3 aliphatic rings. The van der Waals surface area contributed by atoms with E-state index in [0.29, 0.717) is 18.0 Å². The fraction of sp³-hybridized carbons (Fsp3) is 0.867. The minimum atomic E-state index is -0.236. The third-order valence-corrected chi connectivity index (χ3v) is 6.19. The summed E-state index contributed by atoms with van der Waals surface area (Å²) in [5.74, 6) is 1.61. The predicted molar refractivity (Wildman–Crippen MR) is 84.0 cm³/mol. The Kier molecular flexibility index (Phi) is 4.45. The van der Waals surface area contributed by atoms with Crippen LogP contribution in [0.1, 0.15) is 32.6 Å². The van der Waals surface area contributed by atoms with Crippen LogP contribution in [-0.2, 0) is 9.59 Å². The molecule has 0 radical (unpaired) electrons. The topological polar surface area (TPSA) is 43.9 Å². The molecular formula is C15H25N3O2S. The first-order valence-electron chi connectivity index (χ1n) is 7.95. The van der Waals surface area contributed by atoms with Crippen molar-refractivity contribution in [3.63, 3.8) is 0 Å². The van der Waals surface area contributed by atoms with Gasteiger partial charge in [0.15, 0.2) is 0 Å². The summed E-state index contributed by atoms with van der Waals surface area (Å²) in [5.41, 5.74) is 0. The standard InChI is InChI=1S/C15H25N3O2S/c1-11(19)18-10-21-9-14(18)15(20)17-8-4-6-13(17)12-5-3-7-16(12)2/h12-14H,3-10H2,1-2H3. The highest BCUT2D eigenvalue weighted by Gasteiger charge is 2.43. The second-order valence-electron chi connectivity index (χ2n) is 6.44. The monoisotopic (exact) mass is 311 g/mol. The number of carbonyl (C=O) groups excluding carboxylic acids is 2. The lowest BCUT2D eigenvalue weighted by Crippen LogP contribution is -2.53. The molecule has 0 saturated carbocycles. The van der Waals surface area contributed by atoms with Crippen molar-refractivity contribution in [3.8, 4) is 0 Å². The molecule has 2 amide bonds. The number of thioether (sulfide) groups is 1. The molecule has 3 fully saturated rings. The second kappa shape index (κ2) is 6.16. The molecule has 3 heterocycles. The number of likely N-dealkylation sites (N-methyl/N-ethyl adjacent to an activating group) is 1. The van der Waals surface area contributed by atoms with Gasteiger partial charge in [-0.25, -0.2) is 0 Å². The van der Waals surface area contributed by atoms with Gasteiger partial charge in [-0.05, 0) is 39.3 Å². The van der Waals surface area contributed by atoms with E-state index < -0.39 is 0 Å². The van der Waals surface area contributed by atoms with E-state index in [1.54, 1.807) is 23.6 Å². The van der Waals surface area contributed by atoms with E-state index >= 15 is 0 Å². The van der Waals surface area contributed by atoms with Gasteiger partial charge in [-0.2, -0.15) is 0 Å². The Labute approximate surface area is 131 Å². The van der Waals surface area contributed by atoms with E-state index in [4.69, 9.17) is 0 Å². The summed E-state index contributed by atoms with van der Waals surface area (Å²) in [7, 11) is 2.17. The van der Waals surface area contributed by atoms with Crippen molar-refractivity contribution in [1.29, 1.82) is 0 Å². The molecule has 0 N–H and O–H groups in total. The summed E-state index contributed by atoms with van der Waals surface area (Å²) >= 11 is 1.69. The number of nitrogens with zero attached hydrogens (tertiary/aromatic N) is 3. The Bertz CT molecular complexity index is 431. The van der Waals surface area contributed by atoms with Crippen molar-refractivity contribution >= 4 is 23.6 Å². The molecule has 3 aliphatic heterocycles. The molecule has 3 unspecified atom stereocenters. The van der Waals surface area contributed by atoms with Crippen LogP contribution in [0.4, 0.5) is 0 Å². The van der Waals surface area contributed by atoms with E-state index in [-0.39, 0.29) is 17.9 Å². The van der Waals surface area contributed by atoms with E-state index in [2.05, 4.69) is 16.8 Å². The van der Waals surface area contributed by atoms with Crippen LogP contribution in [0.15, 0.2) is 0 Å². The first-order chi connectivity index (χ1) is 10.1. The number of rotatable bonds is 2. The maximum absolute atomic E-state index is 12.9. The molecule has 0 aromatic heterocycles. The van der Waals surface area contributed by atoms with Crippen LogP contribution in [-0.4, -0.2) is 76.4 Å². The van der Waals surface area contributed by atoms with Crippen LogP contribution < -0.4 is 0 Å². The van der Waals surface area contributed by atoms with Crippen molar-refractivity contribution in [2.24, 2.45) is 0 Å². The zero-order valence-corrected chi connectivity index (χ0v) is 13.8. The molecule has 0 aliphatic carbocycles. The Morgan fingerprint density at radius 1 is 1.05 bits per heavy atom. The van der Waals surface area contributed by atoms with Gasteiger partial charge in [0.25, 0.3) is 0 Å². The average molecular weight is 311 g/mol. The summed E-state index contributed by atoms with van der Waals surface area (Å²) < 4.78 is 0. The summed E-state index contributed by atoms with van der Waals surface area (Å²) in [5, 5.41) is 0. The van der Waals surface area contributed by atoms with Gasteiger partial charge >= 0.3 is 0 Å². The Morgan fingerprint density at radius 3 is 2.43 bits per heavy atom. The number of hydrogen-bond acceptors (Lipinski definition) is 4. The smallest absolute Gasteiger partial charge is 0.246 e. The van der Waals surface area contributed by atoms with Gasteiger partial charge < -0.3 is 14.7 Å². The van der Waals surface area contributed by atoms with Gasteiger partial charge in [-0.1, -0.05) is 0 Å². The van der Waals surface area contributed by atoms with Gasteiger partial charge in [-0.3, -0.25) is 9.59 Å². The Balaban J connectivity index is 1.72. The first-order valence-corrected chi connectivity index (χ1v) is 9.10.